The van der Waals surface area contributed by atoms with Crippen LogP contribution in [0.5, 0.6) is 0 Å². The third-order valence-corrected chi connectivity index (χ3v) is 2.76. The minimum absolute atomic E-state index is 0.512. The molecule has 1 N–H and O–H groups in total. The molecule has 1 aliphatic rings. The highest BCUT2D eigenvalue weighted by Gasteiger charge is 2.56. The Bertz CT molecular complexity index is 362. The maximum atomic E-state index is 11.0. The molecule has 0 radical (unpaired) electrons. The minimum atomic E-state index is -0.956. The van der Waals surface area contributed by atoms with Gasteiger partial charge in [0.1, 0.15) is 5.82 Å². The van der Waals surface area contributed by atoms with Crippen LogP contribution in [0.1, 0.15) is 18.7 Å². The number of aliphatic carboxylic acids is 1. The normalized spacial score (nSPS) is 19.5. The highest BCUT2D eigenvalue weighted by molar-refractivity contribution is 5.75. The fourth-order valence-corrected chi connectivity index (χ4v) is 1.86. The van der Waals surface area contributed by atoms with Crippen molar-refractivity contribution >= 4 is 5.97 Å². The summed E-state index contributed by atoms with van der Waals surface area (Å²) in [5, 5.41) is 9.03. The highest BCUT2D eigenvalue weighted by Crippen LogP contribution is 2.50. The van der Waals surface area contributed by atoms with Crippen molar-refractivity contribution in [2.24, 2.45) is 0 Å². The van der Waals surface area contributed by atoms with Gasteiger partial charge in [-0.25, -0.2) is 14.8 Å². The van der Waals surface area contributed by atoms with E-state index in [1.54, 1.807) is 18.5 Å². The van der Waals surface area contributed by atoms with Crippen molar-refractivity contribution in [3.63, 3.8) is 0 Å². The number of nitrogens with zero attached hydrogens (tertiary/aromatic N) is 2. The molecule has 0 amide bonds. The predicted molar refractivity (Wildman–Crippen MR) is 51.4 cm³/mol. The van der Waals surface area contributed by atoms with E-state index in [2.05, 4.69) is 9.97 Å². The summed E-state index contributed by atoms with van der Waals surface area (Å²) in [5.74, 6) is -0.387. The predicted octanol–water partition coefficient (Wildman–Crippen LogP) is 0.608. The average Bonchev–Trinajstić information content (AvgIpc) is 3.01. The number of carbonyl (C=O) groups is 1. The Hall–Kier alpha value is -1.49. The maximum Gasteiger partial charge on any atom is 0.333 e. The van der Waals surface area contributed by atoms with Gasteiger partial charge in [0.25, 0.3) is 0 Å². The lowest BCUT2D eigenvalue weighted by molar-refractivity contribution is -0.150. The molecule has 5 heteroatoms. The van der Waals surface area contributed by atoms with Gasteiger partial charge in [-0.2, -0.15) is 0 Å². The van der Waals surface area contributed by atoms with E-state index in [0.29, 0.717) is 5.82 Å². The molecule has 1 aromatic rings. The van der Waals surface area contributed by atoms with Crippen molar-refractivity contribution in [3.8, 4) is 0 Å². The molecule has 0 aromatic carbocycles. The molecule has 2 rings (SSSR count). The van der Waals surface area contributed by atoms with Crippen LogP contribution in [0.4, 0.5) is 0 Å². The Morgan fingerprint density at radius 1 is 1.53 bits per heavy atom. The van der Waals surface area contributed by atoms with Crippen LogP contribution in [0.3, 0.4) is 0 Å². The fourth-order valence-electron chi connectivity index (χ4n) is 1.86. The Kier molecular flexibility index (Phi) is 2.40. The second-order valence-electron chi connectivity index (χ2n) is 3.68. The molecule has 0 aliphatic heterocycles. The number of methoxy groups -OCH3 is 1. The first-order valence-corrected chi connectivity index (χ1v) is 4.74. The van der Waals surface area contributed by atoms with Gasteiger partial charge in [0.2, 0.25) is 0 Å². The van der Waals surface area contributed by atoms with Gasteiger partial charge in [-0.1, -0.05) is 0 Å². The summed E-state index contributed by atoms with van der Waals surface area (Å²) >= 11 is 0. The number of hydrogen-bond acceptors (Lipinski definition) is 4. The number of hydrogen-bond donors (Lipinski definition) is 1. The van der Waals surface area contributed by atoms with Crippen molar-refractivity contribution in [1.82, 2.24) is 9.97 Å². The summed E-state index contributed by atoms with van der Waals surface area (Å²) in [5.41, 5.74) is -0.512. The van der Waals surface area contributed by atoms with Gasteiger partial charge >= 0.3 is 5.97 Å². The first kappa shape index (κ1) is 10.0. The smallest absolute Gasteiger partial charge is 0.333 e. The van der Waals surface area contributed by atoms with Gasteiger partial charge in [-0.15, -0.1) is 0 Å². The summed E-state index contributed by atoms with van der Waals surface area (Å²) < 4.78 is 5.01. The Morgan fingerprint density at radius 3 is 2.53 bits per heavy atom. The molecule has 0 saturated heterocycles. The zero-order valence-corrected chi connectivity index (χ0v) is 8.38. The SMILES string of the molecule is COC(C(=O)O)C1(c2ncccn2)CC1. The van der Waals surface area contributed by atoms with Crippen molar-refractivity contribution in [2.75, 3.05) is 7.11 Å². The number of ether oxygens (including phenoxy) is 1. The molecule has 1 aromatic heterocycles. The van der Waals surface area contributed by atoms with Gasteiger partial charge in [-0.05, 0) is 18.9 Å². The molecule has 15 heavy (non-hydrogen) atoms. The molecule has 1 saturated carbocycles. The zero-order chi connectivity index (χ0) is 10.9. The molecule has 80 valence electrons. The number of rotatable bonds is 4. The Labute approximate surface area is 87.1 Å². The van der Waals surface area contributed by atoms with Crippen LogP contribution in [-0.2, 0) is 14.9 Å². The van der Waals surface area contributed by atoms with E-state index in [0.717, 1.165) is 12.8 Å². The summed E-state index contributed by atoms with van der Waals surface area (Å²) in [6.45, 7) is 0. The lowest BCUT2D eigenvalue weighted by atomic mass is 9.98. The maximum absolute atomic E-state index is 11.0. The lowest BCUT2D eigenvalue weighted by Gasteiger charge is -2.20. The van der Waals surface area contributed by atoms with Crippen LogP contribution in [0.25, 0.3) is 0 Å². The van der Waals surface area contributed by atoms with E-state index in [1.165, 1.54) is 7.11 Å². The molecule has 1 aliphatic carbocycles. The van der Waals surface area contributed by atoms with Crippen LogP contribution in [0.2, 0.25) is 0 Å². The first-order valence-electron chi connectivity index (χ1n) is 4.74. The molecule has 5 nitrogen and oxygen atoms in total. The molecule has 0 spiro atoms. The molecule has 0 bridgehead atoms. The first-order chi connectivity index (χ1) is 7.20. The van der Waals surface area contributed by atoms with Crippen LogP contribution < -0.4 is 0 Å². The summed E-state index contributed by atoms with van der Waals surface area (Å²) in [4.78, 5) is 19.2. The van der Waals surface area contributed by atoms with Crippen molar-refractivity contribution in [2.45, 2.75) is 24.4 Å². The monoisotopic (exact) mass is 208 g/mol. The largest absolute Gasteiger partial charge is 0.479 e. The second kappa shape index (κ2) is 3.58. The lowest BCUT2D eigenvalue weighted by Crippen LogP contribution is -2.37. The Morgan fingerprint density at radius 2 is 2.13 bits per heavy atom. The van der Waals surface area contributed by atoms with Crippen LogP contribution >= 0.6 is 0 Å². The van der Waals surface area contributed by atoms with E-state index in [4.69, 9.17) is 9.84 Å². The van der Waals surface area contributed by atoms with Gasteiger partial charge in [-0.3, -0.25) is 0 Å². The summed E-state index contributed by atoms with van der Waals surface area (Å²) in [6, 6.07) is 1.71. The van der Waals surface area contributed by atoms with Crippen molar-refractivity contribution in [3.05, 3.63) is 24.3 Å². The standard InChI is InChI=1S/C10H12N2O3/c1-15-7(8(13)14)10(3-4-10)9-11-5-2-6-12-9/h2,5-7H,3-4H2,1H3,(H,13,14). The second-order valence-corrected chi connectivity index (χ2v) is 3.68. The van der Waals surface area contributed by atoms with E-state index in [-0.39, 0.29) is 0 Å². The van der Waals surface area contributed by atoms with Crippen LogP contribution in [0.15, 0.2) is 18.5 Å². The van der Waals surface area contributed by atoms with E-state index in [9.17, 15) is 4.79 Å². The van der Waals surface area contributed by atoms with Gasteiger partial charge in [0.15, 0.2) is 6.10 Å². The molecule has 1 atom stereocenters. The summed E-state index contributed by atoms with van der Waals surface area (Å²) in [6.07, 6.45) is 3.93. The third-order valence-electron chi connectivity index (χ3n) is 2.76. The van der Waals surface area contributed by atoms with E-state index >= 15 is 0 Å². The number of aromatic nitrogens is 2. The van der Waals surface area contributed by atoms with Gasteiger partial charge < -0.3 is 9.84 Å². The third kappa shape index (κ3) is 1.59. The van der Waals surface area contributed by atoms with E-state index < -0.39 is 17.5 Å². The quantitative estimate of drug-likeness (QED) is 0.784. The molecule has 1 unspecified atom stereocenters. The minimum Gasteiger partial charge on any atom is -0.479 e. The Balaban J connectivity index is 2.31. The average molecular weight is 208 g/mol. The highest BCUT2D eigenvalue weighted by atomic mass is 16.5. The van der Waals surface area contributed by atoms with Crippen LogP contribution in [0, 0.1) is 0 Å². The molecule has 1 heterocycles. The van der Waals surface area contributed by atoms with Crippen molar-refractivity contribution in [1.29, 1.82) is 0 Å². The van der Waals surface area contributed by atoms with Crippen molar-refractivity contribution < 1.29 is 14.6 Å². The fraction of sp³-hybridized carbons (Fsp3) is 0.500. The number of carboxylic acids is 1. The van der Waals surface area contributed by atoms with Gasteiger partial charge in [0, 0.05) is 19.5 Å². The molecular formula is C10H12N2O3. The topological polar surface area (TPSA) is 72.3 Å². The van der Waals surface area contributed by atoms with Gasteiger partial charge in [0.05, 0.1) is 5.41 Å². The zero-order valence-electron chi connectivity index (χ0n) is 8.38. The van der Waals surface area contributed by atoms with E-state index in [1.807, 2.05) is 0 Å². The molecular weight excluding hydrogens is 196 g/mol. The summed E-state index contributed by atoms with van der Waals surface area (Å²) in [7, 11) is 1.40. The molecule has 1 fully saturated rings. The number of carboxylic acid groups (broad SMARTS) is 1. The van der Waals surface area contributed by atoms with Crippen LogP contribution in [-0.4, -0.2) is 34.3 Å².